The molecule has 3 aromatic heterocycles. The Labute approximate surface area is 150 Å². The normalized spacial score (nSPS) is 11.3. The summed E-state index contributed by atoms with van der Waals surface area (Å²) >= 11 is 0. The van der Waals surface area contributed by atoms with Gasteiger partial charge >= 0.3 is 0 Å². The van der Waals surface area contributed by atoms with E-state index < -0.39 is 0 Å². The highest BCUT2D eigenvalue weighted by Crippen LogP contribution is 2.32. The molecule has 1 aromatic carbocycles. The zero-order valence-electron chi connectivity index (χ0n) is 14.9. The van der Waals surface area contributed by atoms with Crippen LogP contribution >= 0.6 is 0 Å². The molecule has 130 valence electrons. The highest BCUT2D eigenvalue weighted by atomic mass is 16.5. The fourth-order valence-electron chi connectivity index (χ4n) is 3.08. The van der Waals surface area contributed by atoms with Gasteiger partial charge in [-0.25, -0.2) is 4.98 Å². The Hall–Kier alpha value is -3.30. The predicted octanol–water partition coefficient (Wildman–Crippen LogP) is 3.69. The molecule has 0 atom stereocenters. The van der Waals surface area contributed by atoms with Crippen LogP contribution in [0.15, 0.2) is 47.0 Å². The zero-order valence-corrected chi connectivity index (χ0v) is 14.9. The van der Waals surface area contributed by atoms with Crippen LogP contribution in [0.5, 0.6) is 5.75 Å². The molecule has 6 nitrogen and oxygen atoms in total. The van der Waals surface area contributed by atoms with Gasteiger partial charge in [-0.1, -0.05) is 0 Å². The number of hydrogen-bond acceptors (Lipinski definition) is 5. The minimum absolute atomic E-state index is 0.583. The van der Waals surface area contributed by atoms with Crippen molar-refractivity contribution in [3.63, 3.8) is 0 Å². The summed E-state index contributed by atoms with van der Waals surface area (Å²) in [6.07, 6.45) is 1.88. The third kappa shape index (κ3) is 2.68. The van der Waals surface area contributed by atoms with E-state index in [0.29, 0.717) is 17.9 Å². The lowest BCUT2D eigenvalue weighted by Gasteiger charge is -2.10. The van der Waals surface area contributed by atoms with Crippen LogP contribution in [0, 0.1) is 11.3 Å². The van der Waals surface area contributed by atoms with Crippen molar-refractivity contribution in [1.29, 1.82) is 5.26 Å². The van der Waals surface area contributed by atoms with Gasteiger partial charge in [0.25, 0.3) is 0 Å². The molecule has 4 rings (SSSR count). The van der Waals surface area contributed by atoms with E-state index in [1.54, 1.807) is 19.2 Å². The Morgan fingerprint density at radius 1 is 1.23 bits per heavy atom. The average molecular weight is 346 g/mol. The van der Waals surface area contributed by atoms with Crippen LogP contribution in [0.2, 0.25) is 0 Å². The minimum Gasteiger partial charge on any atom is -0.497 e. The molecule has 0 radical (unpaired) electrons. The number of methoxy groups -OCH3 is 1. The SMILES string of the molecule is COc1ccc2oc(-c3nc4cc(C#N)ccn4c3CN(C)C)cc2c1. The lowest BCUT2D eigenvalue weighted by Crippen LogP contribution is -2.13. The molecule has 6 heteroatoms. The summed E-state index contributed by atoms with van der Waals surface area (Å²) in [6, 6.07) is 13.4. The lowest BCUT2D eigenvalue weighted by molar-refractivity contribution is 0.395. The standard InChI is InChI=1S/C20H18N4O2/c1-23(2)12-16-20(22-19-8-13(11-21)6-7-24(16)19)18-10-14-9-15(25-3)4-5-17(14)26-18/h4-10H,12H2,1-3H3. The molecule has 0 bridgehead atoms. The van der Waals surface area contributed by atoms with Crippen LogP contribution in [0.1, 0.15) is 11.3 Å². The quantitative estimate of drug-likeness (QED) is 0.564. The van der Waals surface area contributed by atoms with Crippen LogP contribution in [-0.4, -0.2) is 35.5 Å². The molecular weight excluding hydrogens is 328 g/mol. The lowest BCUT2D eigenvalue weighted by atomic mass is 10.2. The molecule has 0 aliphatic carbocycles. The average Bonchev–Trinajstić information content (AvgIpc) is 3.21. The van der Waals surface area contributed by atoms with Crippen molar-refractivity contribution >= 4 is 16.6 Å². The van der Waals surface area contributed by atoms with Crippen molar-refractivity contribution in [1.82, 2.24) is 14.3 Å². The molecule has 26 heavy (non-hydrogen) atoms. The largest absolute Gasteiger partial charge is 0.497 e. The molecule has 4 aromatic rings. The minimum atomic E-state index is 0.583. The second-order valence-corrected chi connectivity index (χ2v) is 6.41. The van der Waals surface area contributed by atoms with Crippen LogP contribution < -0.4 is 4.74 Å². The van der Waals surface area contributed by atoms with Crippen molar-refractivity contribution in [2.24, 2.45) is 0 Å². The van der Waals surface area contributed by atoms with E-state index >= 15 is 0 Å². The number of nitriles is 1. The second-order valence-electron chi connectivity index (χ2n) is 6.41. The number of fused-ring (bicyclic) bond motifs is 2. The van der Waals surface area contributed by atoms with Crippen LogP contribution in [0.25, 0.3) is 28.1 Å². The molecule has 0 saturated heterocycles. The van der Waals surface area contributed by atoms with Crippen molar-refractivity contribution in [2.75, 3.05) is 21.2 Å². The first-order valence-corrected chi connectivity index (χ1v) is 8.23. The Morgan fingerprint density at radius 2 is 2.08 bits per heavy atom. The number of benzene rings is 1. The van der Waals surface area contributed by atoms with Gasteiger partial charge in [-0.15, -0.1) is 0 Å². The summed E-state index contributed by atoms with van der Waals surface area (Å²) < 4.78 is 13.3. The molecular formula is C20H18N4O2. The third-order valence-corrected chi connectivity index (χ3v) is 4.28. The summed E-state index contributed by atoms with van der Waals surface area (Å²) in [7, 11) is 5.67. The maximum Gasteiger partial charge on any atom is 0.155 e. The monoisotopic (exact) mass is 346 g/mol. The molecule has 0 aliphatic heterocycles. The van der Waals surface area contributed by atoms with Crippen molar-refractivity contribution in [3.05, 3.63) is 53.9 Å². The fourth-order valence-corrected chi connectivity index (χ4v) is 3.08. The van der Waals surface area contributed by atoms with Crippen molar-refractivity contribution in [2.45, 2.75) is 6.54 Å². The van der Waals surface area contributed by atoms with Gasteiger partial charge in [0.1, 0.15) is 22.7 Å². The second kappa shape index (κ2) is 6.21. The Bertz CT molecular complexity index is 1150. The van der Waals surface area contributed by atoms with Gasteiger partial charge in [-0.05, 0) is 50.5 Å². The first-order chi connectivity index (χ1) is 12.6. The molecule has 0 fully saturated rings. The summed E-state index contributed by atoms with van der Waals surface area (Å²) in [4.78, 5) is 6.82. The van der Waals surface area contributed by atoms with Gasteiger partial charge in [-0.3, -0.25) is 0 Å². The van der Waals surface area contributed by atoms with Crippen LogP contribution in [0.4, 0.5) is 0 Å². The number of ether oxygens (including phenoxy) is 1. The highest BCUT2D eigenvalue weighted by Gasteiger charge is 2.18. The maximum atomic E-state index is 9.15. The predicted molar refractivity (Wildman–Crippen MR) is 99.1 cm³/mol. The summed E-state index contributed by atoms with van der Waals surface area (Å²) in [5.41, 5.74) is 3.89. The molecule has 0 N–H and O–H groups in total. The summed E-state index contributed by atoms with van der Waals surface area (Å²) in [5, 5.41) is 10.1. The third-order valence-electron chi connectivity index (χ3n) is 4.28. The Kier molecular flexibility index (Phi) is 3.86. The van der Waals surface area contributed by atoms with E-state index in [-0.39, 0.29) is 0 Å². The van der Waals surface area contributed by atoms with Crippen molar-refractivity contribution < 1.29 is 9.15 Å². The van der Waals surface area contributed by atoms with E-state index in [0.717, 1.165) is 33.8 Å². The fraction of sp³-hybridized carbons (Fsp3) is 0.200. The van der Waals surface area contributed by atoms with E-state index in [2.05, 4.69) is 11.0 Å². The van der Waals surface area contributed by atoms with Gasteiger partial charge < -0.3 is 18.5 Å². The van der Waals surface area contributed by atoms with Gasteiger partial charge in [0, 0.05) is 18.1 Å². The Morgan fingerprint density at radius 3 is 2.81 bits per heavy atom. The zero-order chi connectivity index (χ0) is 18.3. The number of aromatic nitrogens is 2. The summed E-state index contributed by atoms with van der Waals surface area (Å²) in [6.45, 7) is 0.697. The van der Waals surface area contributed by atoms with Gasteiger partial charge in [0.05, 0.1) is 24.4 Å². The van der Waals surface area contributed by atoms with Gasteiger partial charge in [0.2, 0.25) is 0 Å². The first kappa shape index (κ1) is 16.2. The first-order valence-electron chi connectivity index (χ1n) is 8.23. The van der Waals surface area contributed by atoms with E-state index in [4.69, 9.17) is 19.4 Å². The van der Waals surface area contributed by atoms with Crippen LogP contribution in [0.3, 0.4) is 0 Å². The number of nitrogens with zero attached hydrogens (tertiary/aromatic N) is 4. The van der Waals surface area contributed by atoms with Gasteiger partial charge in [0.15, 0.2) is 5.76 Å². The number of pyridine rings is 1. The van der Waals surface area contributed by atoms with E-state index in [9.17, 15) is 0 Å². The van der Waals surface area contributed by atoms with E-state index in [1.165, 1.54) is 0 Å². The topological polar surface area (TPSA) is 66.7 Å². The Balaban J connectivity index is 1.93. The van der Waals surface area contributed by atoms with Gasteiger partial charge in [-0.2, -0.15) is 5.26 Å². The maximum absolute atomic E-state index is 9.15. The number of furan rings is 1. The number of imidazole rings is 1. The van der Waals surface area contributed by atoms with E-state index in [1.807, 2.05) is 49.0 Å². The van der Waals surface area contributed by atoms with Crippen LogP contribution in [-0.2, 0) is 6.54 Å². The number of rotatable bonds is 4. The summed E-state index contributed by atoms with van der Waals surface area (Å²) in [5.74, 6) is 1.49. The molecule has 0 saturated carbocycles. The van der Waals surface area contributed by atoms with Crippen molar-refractivity contribution in [3.8, 4) is 23.3 Å². The molecule has 0 unspecified atom stereocenters. The molecule has 0 amide bonds. The highest BCUT2D eigenvalue weighted by molar-refractivity contribution is 5.84. The molecule has 0 aliphatic rings. The molecule has 3 heterocycles. The number of hydrogen-bond donors (Lipinski definition) is 0. The molecule has 0 spiro atoms. The smallest absolute Gasteiger partial charge is 0.155 e.